The van der Waals surface area contributed by atoms with Gasteiger partial charge < -0.3 is 22.7 Å². The molecule has 0 bridgehead atoms. The van der Waals surface area contributed by atoms with Gasteiger partial charge in [0.05, 0.1) is 32.4 Å². The van der Waals surface area contributed by atoms with Gasteiger partial charge in [-0.1, -0.05) is 155 Å². The van der Waals surface area contributed by atoms with Gasteiger partial charge in [0, 0.05) is 84.2 Å². The van der Waals surface area contributed by atoms with Crippen molar-refractivity contribution in [3.8, 4) is 0 Å². The van der Waals surface area contributed by atoms with Gasteiger partial charge in [0.2, 0.25) is 0 Å². The minimum Gasteiger partial charge on any atom is -0.441 e. The predicted octanol–water partition coefficient (Wildman–Crippen LogP) is 8.47. The van der Waals surface area contributed by atoms with Crippen molar-refractivity contribution in [2.75, 3.05) is 11.9 Å². The van der Waals surface area contributed by atoms with Crippen LogP contribution in [0.25, 0.3) is 54.3 Å². The van der Waals surface area contributed by atoms with Gasteiger partial charge in [0.25, 0.3) is 0 Å². The lowest BCUT2D eigenvalue weighted by Crippen LogP contribution is -2.55. The van der Waals surface area contributed by atoms with Gasteiger partial charge in [-0.3, -0.25) is 0 Å². The molecule has 1 aliphatic rings. The molecule has 0 saturated carbocycles. The molecular weight excluding hydrogens is 990 g/mol. The van der Waals surface area contributed by atoms with Crippen LogP contribution in [-0.4, -0.2) is 70.0 Å². The minimum atomic E-state index is -0.322. The van der Waals surface area contributed by atoms with E-state index >= 15 is 0 Å². The van der Waals surface area contributed by atoms with Gasteiger partial charge in [-0.05, 0) is 44.2 Å². The molecule has 13 aromatic rings. The van der Waals surface area contributed by atoms with Crippen molar-refractivity contribution in [1.29, 1.82) is 0 Å². The molecule has 8 heterocycles. The Balaban J connectivity index is 1.23. The molecule has 0 saturated heterocycles. The van der Waals surface area contributed by atoms with Crippen molar-refractivity contribution >= 4 is 119 Å². The molecule has 0 amide bonds. The highest BCUT2D eigenvalue weighted by Gasteiger charge is 2.39. The fraction of sp³-hybridized carbons (Fsp3) is 0.0984. The van der Waals surface area contributed by atoms with Gasteiger partial charge in [0.15, 0.2) is 34.6 Å². The van der Waals surface area contributed by atoms with Crippen LogP contribution >= 0.6 is 23.1 Å². The van der Waals surface area contributed by atoms with E-state index in [4.69, 9.17) is 43.7 Å². The number of thioether (sulfide) groups is 1. The van der Waals surface area contributed by atoms with E-state index in [0.717, 1.165) is 108 Å². The molecule has 77 heavy (non-hydrogen) atoms. The summed E-state index contributed by atoms with van der Waals surface area (Å²) in [7, 11) is 2.16. The number of hydrogen-bond acceptors (Lipinski definition) is 12. The summed E-state index contributed by atoms with van der Waals surface area (Å²) in [6.45, 7) is 7.68. The van der Waals surface area contributed by atoms with E-state index in [0.29, 0.717) is 29.0 Å². The van der Waals surface area contributed by atoms with Gasteiger partial charge >= 0.3 is 13.7 Å². The van der Waals surface area contributed by atoms with Crippen LogP contribution in [-0.2, 0) is 0 Å². The van der Waals surface area contributed by atoms with Crippen LogP contribution in [0.15, 0.2) is 196 Å². The van der Waals surface area contributed by atoms with Crippen molar-refractivity contribution in [2.45, 2.75) is 38.0 Å². The lowest BCUT2D eigenvalue weighted by molar-refractivity contribution is 0.560. The van der Waals surface area contributed by atoms with Crippen LogP contribution in [0.5, 0.6) is 0 Å². The first-order valence-electron chi connectivity index (χ1n) is 25.5. The van der Waals surface area contributed by atoms with E-state index in [9.17, 15) is 0 Å². The number of likely N-dealkylation sites (N-methyl/N-ethyl adjacent to an activating group) is 1. The molecular formula is C61H46B2N10O2S2. The molecule has 16 heteroatoms. The number of aromatic nitrogens is 9. The molecule has 0 N–H and O–H groups in total. The molecule has 0 fully saturated rings. The number of oxazole rings is 2. The molecule has 14 rings (SSSR count). The Kier molecular flexibility index (Phi) is 11.4. The van der Waals surface area contributed by atoms with Gasteiger partial charge in [-0.2, -0.15) is 0 Å². The maximum absolute atomic E-state index is 6.16. The molecule has 12 nitrogen and oxygen atoms in total. The molecule has 0 spiro atoms. The second-order valence-electron chi connectivity index (χ2n) is 19.4. The molecule has 1 unspecified atom stereocenters. The predicted molar refractivity (Wildman–Crippen MR) is 312 cm³/mol. The van der Waals surface area contributed by atoms with Gasteiger partial charge in [-0.15, -0.1) is 11.3 Å². The summed E-state index contributed by atoms with van der Waals surface area (Å²) in [4.78, 5) is 39.1. The largest absolute Gasteiger partial charge is 0.441 e. The highest BCUT2D eigenvalue weighted by molar-refractivity contribution is 8.01. The van der Waals surface area contributed by atoms with E-state index in [1.165, 1.54) is 0 Å². The average molecular weight is 1040 g/mol. The molecule has 1 atom stereocenters. The topological polar surface area (TPSA) is 130 Å². The molecule has 1 aliphatic heterocycles. The quantitative estimate of drug-likeness (QED) is 0.122. The van der Waals surface area contributed by atoms with Crippen LogP contribution in [0.2, 0.25) is 0 Å². The Morgan fingerprint density at radius 2 is 0.974 bits per heavy atom. The third-order valence-corrected chi connectivity index (χ3v) is 17.1. The van der Waals surface area contributed by atoms with Crippen molar-refractivity contribution in [3.05, 3.63) is 233 Å². The highest BCUT2D eigenvalue weighted by atomic mass is 32.2. The summed E-state index contributed by atoms with van der Waals surface area (Å²) >= 11 is 3.37. The van der Waals surface area contributed by atoms with E-state index in [2.05, 4.69) is 174 Å². The standard InChI is InChI=1S/C61H46B2N10O2S2/c1-36-52-53(57(73(36)63(42-24-14-8-15-25-42)43-26-16-9-17-27-43)55(59-66-30-19-31-67-59)61-71(5)47-33-45-49(35-51(47)77-61)75-39(4)69-45)37(2)72(62(40-20-10-6-11-21-40)41-22-12-7-13-23-41)56(52)54(58-64-28-18-29-65-58)60-70-46-32-44-48(34-50(46)76-60)74-38(3)68-44/h6-35,61H,1-5H3/b56-54-,57-55-. The zero-order chi connectivity index (χ0) is 51.9. The summed E-state index contributed by atoms with van der Waals surface area (Å²) < 4.78 is 18.3. The second kappa shape index (κ2) is 18.8. The summed E-state index contributed by atoms with van der Waals surface area (Å²) in [6.07, 6.45) is 7.34. The van der Waals surface area contributed by atoms with E-state index in [-0.39, 0.29) is 19.1 Å². The molecule has 6 aromatic carbocycles. The number of rotatable bonds is 10. The number of nitrogens with zero attached hydrogens (tertiary/aromatic N) is 10. The maximum Gasteiger partial charge on any atom is 0.327 e. The number of benzene rings is 6. The molecule has 7 aromatic heterocycles. The van der Waals surface area contributed by atoms with Crippen molar-refractivity contribution < 1.29 is 8.83 Å². The van der Waals surface area contributed by atoms with Gasteiger partial charge in [-0.25, -0.2) is 34.9 Å². The highest BCUT2D eigenvalue weighted by Crippen LogP contribution is 2.48. The lowest BCUT2D eigenvalue weighted by Gasteiger charge is -2.26. The zero-order valence-electron chi connectivity index (χ0n) is 42.7. The first-order chi connectivity index (χ1) is 37.8. The normalized spacial score (nSPS) is 14.2. The van der Waals surface area contributed by atoms with E-state index in [1.807, 2.05) is 56.8 Å². The van der Waals surface area contributed by atoms with Crippen LogP contribution < -0.4 is 37.4 Å². The number of anilines is 1. The minimum absolute atomic E-state index is 0.308. The Morgan fingerprint density at radius 1 is 0.506 bits per heavy atom. The van der Waals surface area contributed by atoms with E-state index < -0.39 is 0 Å². The summed E-state index contributed by atoms with van der Waals surface area (Å²) in [5.74, 6) is 2.41. The van der Waals surface area contributed by atoms with Crippen LogP contribution in [0, 0.1) is 27.7 Å². The van der Waals surface area contributed by atoms with E-state index in [1.54, 1.807) is 23.1 Å². The average Bonchev–Trinajstić information content (AvgIpc) is 4.50. The maximum atomic E-state index is 6.16. The number of fused-ring (bicyclic) bond motifs is 5. The number of hydrogen-bond donors (Lipinski definition) is 0. The lowest BCUT2D eigenvalue weighted by atomic mass is 9.50. The SMILES string of the molecule is Cc1nc2cc3c(cc2o1)SC(/C(c1ncccn1)=c1/c2c(C)n(B(c4ccccc4)c4ccccc4)/c(=C(/c4ncccn4)c4nc5cc6nc(C)oc6cc5s4)c2c(C)n1B(c1ccccc1)c1ccccc1)N3C. The smallest absolute Gasteiger partial charge is 0.327 e. The second-order valence-corrected chi connectivity index (χ2v) is 21.5. The Labute approximate surface area is 451 Å². The number of thiazole rings is 1. The third-order valence-electron chi connectivity index (χ3n) is 14.7. The monoisotopic (exact) mass is 1040 g/mol. The van der Waals surface area contributed by atoms with Crippen LogP contribution in [0.3, 0.4) is 0 Å². The fourth-order valence-corrected chi connectivity index (χ4v) is 13.9. The van der Waals surface area contributed by atoms with Crippen molar-refractivity contribution in [2.24, 2.45) is 0 Å². The van der Waals surface area contributed by atoms with Crippen LogP contribution in [0.1, 0.15) is 39.8 Å². The molecule has 370 valence electrons. The van der Waals surface area contributed by atoms with Crippen molar-refractivity contribution in [3.63, 3.8) is 0 Å². The first kappa shape index (κ1) is 46.7. The summed E-state index contributed by atoms with van der Waals surface area (Å²) in [6, 6.07) is 55.3. The summed E-state index contributed by atoms with van der Waals surface area (Å²) in [5.41, 5.74) is 13.2. The van der Waals surface area contributed by atoms with Gasteiger partial charge in [0.1, 0.15) is 21.4 Å². The fourth-order valence-electron chi connectivity index (χ4n) is 11.5. The Hall–Kier alpha value is -8.85. The van der Waals surface area contributed by atoms with Crippen LogP contribution in [0.4, 0.5) is 5.69 Å². The zero-order valence-corrected chi connectivity index (χ0v) is 44.3. The molecule has 0 aliphatic carbocycles. The number of aryl methyl sites for hydroxylation is 4. The Morgan fingerprint density at radius 3 is 1.51 bits per heavy atom. The van der Waals surface area contributed by atoms with Crippen molar-refractivity contribution in [1.82, 2.24) is 43.8 Å². The third kappa shape index (κ3) is 7.80. The Bertz CT molecular complexity index is 4380. The molecule has 0 radical (unpaired) electrons. The summed E-state index contributed by atoms with van der Waals surface area (Å²) in [5, 5.41) is 4.46. The first-order valence-corrected chi connectivity index (χ1v) is 27.2.